The highest BCUT2D eigenvalue weighted by Gasteiger charge is 2.05. The zero-order valence-corrected chi connectivity index (χ0v) is 11.9. The maximum absolute atomic E-state index is 5.58. The largest absolute Gasteiger partial charge is 0.484 e. The van der Waals surface area contributed by atoms with Crippen LogP contribution in [0.2, 0.25) is 0 Å². The van der Waals surface area contributed by atoms with Crippen LogP contribution in [0.5, 0.6) is 5.75 Å². The van der Waals surface area contributed by atoms with Crippen LogP contribution in [0, 0.1) is 4.77 Å². The lowest BCUT2D eigenvalue weighted by atomic mass is 10.3. The fourth-order valence-corrected chi connectivity index (χ4v) is 2.00. The standard InChI is InChI=1S/C9H7Br2N3OS/c10-5-2-1-3-6(8(5)11)15-4-7-12-9(16)14-13-7/h1-3H,4H2,(H2,12,13,14,16). The zero-order chi connectivity index (χ0) is 11.5. The predicted molar refractivity (Wildman–Crippen MR) is 69.9 cm³/mol. The van der Waals surface area contributed by atoms with Crippen LogP contribution in [0.1, 0.15) is 5.82 Å². The molecule has 0 unspecified atom stereocenters. The first-order valence-electron chi connectivity index (χ1n) is 4.37. The van der Waals surface area contributed by atoms with Gasteiger partial charge in [-0.2, -0.15) is 0 Å². The van der Waals surface area contributed by atoms with E-state index in [9.17, 15) is 0 Å². The SMILES string of the molecule is S=c1nc(COc2cccc(Br)c2Br)[nH][nH]1. The van der Waals surface area contributed by atoms with Crippen molar-refractivity contribution in [1.29, 1.82) is 0 Å². The second kappa shape index (κ2) is 5.11. The van der Waals surface area contributed by atoms with E-state index in [-0.39, 0.29) is 0 Å². The Morgan fingerprint density at radius 3 is 2.81 bits per heavy atom. The summed E-state index contributed by atoms with van der Waals surface area (Å²) >= 11 is 11.7. The maximum Gasteiger partial charge on any atom is 0.213 e. The Hall–Kier alpha value is -0.660. The minimum atomic E-state index is 0.336. The summed E-state index contributed by atoms with van der Waals surface area (Å²) in [6.45, 7) is 0.336. The van der Waals surface area contributed by atoms with Gasteiger partial charge in [0.15, 0.2) is 5.82 Å². The third kappa shape index (κ3) is 2.72. The van der Waals surface area contributed by atoms with Gasteiger partial charge in [-0.1, -0.05) is 6.07 Å². The van der Waals surface area contributed by atoms with Crippen LogP contribution in [-0.2, 0) is 6.61 Å². The van der Waals surface area contributed by atoms with E-state index in [1.54, 1.807) is 0 Å². The van der Waals surface area contributed by atoms with E-state index in [0.717, 1.165) is 14.7 Å². The van der Waals surface area contributed by atoms with Crippen molar-refractivity contribution in [2.24, 2.45) is 0 Å². The van der Waals surface area contributed by atoms with E-state index in [1.165, 1.54) is 0 Å². The molecule has 0 saturated heterocycles. The topological polar surface area (TPSA) is 53.7 Å². The molecule has 4 nitrogen and oxygen atoms in total. The summed E-state index contributed by atoms with van der Waals surface area (Å²) < 4.78 is 7.83. The Kier molecular flexibility index (Phi) is 3.78. The second-order valence-corrected chi connectivity index (χ2v) is 4.99. The fourth-order valence-electron chi connectivity index (χ4n) is 1.11. The molecule has 0 bridgehead atoms. The molecule has 0 amide bonds. The Balaban J connectivity index is 2.10. The van der Waals surface area contributed by atoms with Crippen molar-refractivity contribution in [3.8, 4) is 5.75 Å². The van der Waals surface area contributed by atoms with Gasteiger partial charge >= 0.3 is 0 Å². The first-order chi connectivity index (χ1) is 7.66. The van der Waals surface area contributed by atoms with Gasteiger partial charge < -0.3 is 4.74 Å². The van der Waals surface area contributed by atoms with Crippen LogP contribution in [-0.4, -0.2) is 15.2 Å². The number of nitrogens with zero attached hydrogens (tertiary/aromatic N) is 1. The monoisotopic (exact) mass is 363 g/mol. The molecule has 0 aliphatic carbocycles. The highest BCUT2D eigenvalue weighted by molar-refractivity contribution is 9.13. The highest BCUT2D eigenvalue weighted by Crippen LogP contribution is 2.32. The summed E-state index contributed by atoms with van der Waals surface area (Å²) in [7, 11) is 0. The van der Waals surface area contributed by atoms with Crippen LogP contribution < -0.4 is 4.74 Å². The quantitative estimate of drug-likeness (QED) is 0.818. The average molecular weight is 365 g/mol. The van der Waals surface area contributed by atoms with Crippen molar-refractivity contribution in [1.82, 2.24) is 15.2 Å². The Labute approximate surface area is 114 Å². The van der Waals surface area contributed by atoms with Gasteiger partial charge in [-0.3, -0.25) is 10.2 Å². The predicted octanol–water partition coefficient (Wildman–Crippen LogP) is 3.57. The lowest BCUT2D eigenvalue weighted by Crippen LogP contribution is -1.98. The van der Waals surface area contributed by atoms with Crippen molar-refractivity contribution in [3.05, 3.63) is 37.7 Å². The first-order valence-corrected chi connectivity index (χ1v) is 6.36. The molecule has 0 radical (unpaired) electrons. The van der Waals surface area contributed by atoms with Crippen LogP contribution in [0.3, 0.4) is 0 Å². The van der Waals surface area contributed by atoms with Gasteiger partial charge in [0.1, 0.15) is 12.4 Å². The molecule has 1 aromatic carbocycles. The van der Waals surface area contributed by atoms with Crippen molar-refractivity contribution >= 4 is 44.1 Å². The Morgan fingerprint density at radius 2 is 2.12 bits per heavy atom. The minimum Gasteiger partial charge on any atom is -0.484 e. The molecule has 0 fully saturated rings. The average Bonchev–Trinajstić information content (AvgIpc) is 2.67. The minimum absolute atomic E-state index is 0.336. The summed E-state index contributed by atoms with van der Waals surface area (Å²) in [5, 5.41) is 5.53. The van der Waals surface area contributed by atoms with Gasteiger partial charge in [-0.15, -0.1) is 0 Å². The highest BCUT2D eigenvalue weighted by atomic mass is 79.9. The molecular formula is C9H7Br2N3OS. The van der Waals surface area contributed by atoms with E-state index in [1.807, 2.05) is 18.2 Å². The van der Waals surface area contributed by atoms with Gasteiger partial charge in [0.2, 0.25) is 4.77 Å². The summed E-state index contributed by atoms with van der Waals surface area (Å²) in [5.74, 6) is 1.41. The van der Waals surface area contributed by atoms with Crippen molar-refractivity contribution in [2.75, 3.05) is 0 Å². The first kappa shape index (κ1) is 11.8. The molecule has 2 aromatic rings. The molecule has 0 atom stereocenters. The van der Waals surface area contributed by atoms with E-state index >= 15 is 0 Å². The third-order valence-corrected chi connectivity index (χ3v) is 4.03. The molecule has 1 heterocycles. The number of aromatic amines is 2. The molecule has 0 aliphatic heterocycles. The van der Waals surface area contributed by atoms with Crippen LogP contribution in [0.15, 0.2) is 27.1 Å². The van der Waals surface area contributed by atoms with Gasteiger partial charge in [-0.25, -0.2) is 4.98 Å². The molecule has 16 heavy (non-hydrogen) atoms. The molecule has 0 aliphatic rings. The normalized spacial score (nSPS) is 10.4. The Bertz CT molecular complexity index is 552. The summed E-state index contributed by atoms with van der Waals surface area (Å²) in [6.07, 6.45) is 0. The lowest BCUT2D eigenvalue weighted by Gasteiger charge is -2.07. The maximum atomic E-state index is 5.58. The number of aromatic nitrogens is 3. The number of hydrogen-bond acceptors (Lipinski definition) is 3. The molecule has 7 heteroatoms. The molecule has 84 valence electrons. The molecule has 2 N–H and O–H groups in total. The molecule has 0 spiro atoms. The van der Waals surface area contributed by atoms with Gasteiger partial charge in [0.05, 0.1) is 4.47 Å². The number of benzene rings is 1. The summed E-state index contributed by atoms with van der Waals surface area (Å²) in [6, 6.07) is 5.70. The van der Waals surface area contributed by atoms with Crippen molar-refractivity contribution in [2.45, 2.75) is 6.61 Å². The van der Waals surface area contributed by atoms with Crippen molar-refractivity contribution < 1.29 is 4.74 Å². The number of halogens is 2. The third-order valence-electron chi connectivity index (χ3n) is 1.83. The number of hydrogen-bond donors (Lipinski definition) is 2. The van der Waals surface area contributed by atoms with Gasteiger partial charge in [0, 0.05) is 4.47 Å². The molecule has 2 rings (SSSR count). The van der Waals surface area contributed by atoms with E-state index in [0.29, 0.717) is 17.2 Å². The summed E-state index contributed by atoms with van der Waals surface area (Å²) in [5.41, 5.74) is 0. The van der Waals surface area contributed by atoms with Gasteiger partial charge in [0.25, 0.3) is 0 Å². The van der Waals surface area contributed by atoms with E-state index in [2.05, 4.69) is 47.0 Å². The van der Waals surface area contributed by atoms with Crippen LogP contribution in [0.4, 0.5) is 0 Å². The van der Waals surface area contributed by atoms with Gasteiger partial charge in [-0.05, 0) is 56.2 Å². The number of rotatable bonds is 3. The second-order valence-electron chi connectivity index (χ2n) is 2.95. The number of ether oxygens (including phenoxy) is 1. The fraction of sp³-hybridized carbons (Fsp3) is 0.111. The number of H-pyrrole nitrogens is 2. The molecule has 0 saturated carbocycles. The van der Waals surface area contributed by atoms with Crippen molar-refractivity contribution in [3.63, 3.8) is 0 Å². The summed E-state index contributed by atoms with van der Waals surface area (Å²) in [4.78, 5) is 4.03. The van der Waals surface area contributed by atoms with E-state index in [4.69, 9.17) is 17.0 Å². The Morgan fingerprint density at radius 1 is 1.31 bits per heavy atom. The lowest BCUT2D eigenvalue weighted by molar-refractivity contribution is 0.294. The number of nitrogens with one attached hydrogen (secondary N) is 2. The molecule has 1 aromatic heterocycles. The van der Waals surface area contributed by atoms with Crippen LogP contribution in [0.25, 0.3) is 0 Å². The molecular weight excluding hydrogens is 358 g/mol. The smallest absolute Gasteiger partial charge is 0.213 e. The van der Waals surface area contributed by atoms with E-state index < -0.39 is 0 Å². The van der Waals surface area contributed by atoms with Crippen LogP contribution >= 0.6 is 44.1 Å². The zero-order valence-electron chi connectivity index (χ0n) is 7.96.